The normalized spacial score (nSPS) is 11.2. The maximum Gasteiger partial charge on any atom is 0.245 e. The molecule has 0 saturated carbocycles. The van der Waals surface area contributed by atoms with Crippen LogP contribution in [-0.4, -0.2) is 37.2 Å². The second kappa shape index (κ2) is 6.41. The lowest BCUT2D eigenvalue weighted by atomic mass is 10.4. The van der Waals surface area contributed by atoms with Gasteiger partial charge in [-0.05, 0) is 0 Å². The highest BCUT2D eigenvalue weighted by molar-refractivity contribution is 5.81. The highest BCUT2D eigenvalue weighted by atomic mass is 16.5. The number of carbonyl (C=O) groups excluding carboxylic acids is 1. The van der Waals surface area contributed by atoms with Crippen molar-refractivity contribution in [2.75, 3.05) is 20.3 Å². The van der Waals surface area contributed by atoms with Gasteiger partial charge in [0.2, 0.25) is 5.91 Å². The molecule has 0 atom stereocenters. The highest BCUT2D eigenvalue weighted by Crippen LogP contribution is 1.77. The first-order valence-electron chi connectivity index (χ1n) is 3.42. The summed E-state index contributed by atoms with van der Waals surface area (Å²) in [5.41, 5.74) is 5.15. The molecule has 1 amide bonds. The molecule has 0 aromatic carbocycles. The van der Waals surface area contributed by atoms with E-state index in [4.69, 9.17) is 10.9 Å². The van der Waals surface area contributed by atoms with E-state index in [-0.39, 0.29) is 18.3 Å². The summed E-state index contributed by atoms with van der Waals surface area (Å²) < 4.78 is 4.56. The third-order valence-electron chi connectivity index (χ3n) is 1.11. The zero-order chi connectivity index (χ0) is 9.40. The molecule has 0 spiro atoms. The molecule has 0 aliphatic carbocycles. The molecular formula is C6H13N3O3. The number of nitrogens with two attached hydrogens (primary N) is 1. The summed E-state index contributed by atoms with van der Waals surface area (Å²) in [4.78, 5) is 10.7. The molecule has 0 saturated heterocycles. The molecule has 0 rings (SSSR count). The average molecular weight is 175 g/mol. The fourth-order valence-electron chi connectivity index (χ4n) is 0.562. The van der Waals surface area contributed by atoms with Crippen LogP contribution in [0.1, 0.15) is 6.42 Å². The second-order valence-corrected chi connectivity index (χ2v) is 2.12. The van der Waals surface area contributed by atoms with Gasteiger partial charge in [0.25, 0.3) is 0 Å². The quantitative estimate of drug-likeness (QED) is 0.213. The number of amides is 1. The summed E-state index contributed by atoms with van der Waals surface area (Å²) in [7, 11) is 1.43. The summed E-state index contributed by atoms with van der Waals surface area (Å²) in [5.74, 6) is -0.129. The van der Waals surface area contributed by atoms with Crippen molar-refractivity contribution in [2.24, 2.45) is 10.9 Å². The van der Waals surface area contributed by atoms with E-state index in [1.165, 1.54) is 7.11 Å². The number of rotatable bonds is 5. The van der Waals surface area contributed by atoms with Crippen LogP contribution >= 0.6 is 0 Å². The van der Waals surface area contributed by atoms with Crippen molar-refractivity contribution < 1.29 is 14.7 Å². The van der Waals surface area contributed by atoms with Gasteiger partial charge in [0.1, 0.15) is 12.4 Å². The topological polar surface area (TPSA) is 96.9 Å². The number of nitrogens with zero attached hydrogens (tertiary/aromatic N) is 1. The van der Waals surface area contributed by atoms with E-state index in [0.29, 0.717) is 13.0 Å². The van der Waals surface area contributed by atoms with Gasteiger partial charge in [0.15, 0.2) is 0 Å². The molecule has 0 aliphatic heterocycles. The Labute approximate surface area is 70.4 Å². The monoisotopic (exact) mass is 175 g/mol. The van der Waals surface area contributed by atoms with E-state index in [9.17, 15) is 4.79 Å². The van der Waals surface area contributed by atoms with Crippen molar-refractivity contribution in [3.05, 3.63) is 0 Å². The van der Waals surface area contributed by atoms with Crippen LogP contribution in [0.2, 0.25) is 0 Å². The van der Waals surface area contributed by atoms with Gasteiger partial charge in [-0.25, -0.2) is 0 Å². The van der Waals surface area contributed by atoms with Crippen molar-refractivity contribution in [2.45, 2.75) is 6.42 Å². The lowest BCUT2D eigenvalue weighted by molar-refractivity contribution is -0.124. The van der Waals surface area contributed by atoms with Crippen LogP contribution < -0.4 is 11.1 Å². The standard InChI is InChI=1S/C6H13N3O3/c1-12-4-6(10)8-3-2-5(7)9-11/h11H,2-4H2,1H3,(H2,7,9)(H,8,10). The number of hydrogen-bond donors (Lipinski definition) is 3. The van der Waals surface area contributed by atoms with E-state index in [0.717, 1.165) is 0 Å². The molecule has 0 fully saturated rings. The van der Waals surface area contributed by atoms with Gasteiger partial charge in [-0.1, -0.05) is 5.16 Å². The molecule has 0 radical (unpaired) electrons. The Morgan fingerprint density at radius 2 is 2.42 bits per heavy atom. The van der Waals surface area contributed by atoms with Crippen molar-refractivity contribution in [3.8, 4) is 0 Å². The van der Waals surface area contributed by atoms with Crippen molar-refractivity contribution >= 4 is 11.7 Å². The van der Waals surface area contributed by atoms with Crippen LogP contribution in [0, 0.1) is 0 Å². The Morgan fingerprint density at radius 1 is 1.75 bits per heavy atom. The fourth-order valence-corrected chi connectivity index (χ4v) is 0.562. The summed E-state index contributed by atoms with van der Waals surface area (Å²) in [6, 6.07) is 0. The highest BCUT2D eigenvalue weighted by Gasteiger charge is 1.99. The Bertz CT molecular complexity index is 169. The molecule has 0 aromatic heterocycles. The van der Waals surface area contributed by atoms with Crippen LogP contribution in [0.25, 0.3) is 0 Å². The largest absolute Gasteiger partial charge is 0.409 e. The van der Waals surface area contributed by atoms with Gasteiger partial charge in [0, 0.05) is 20.1 Å². The number of nitrogens with one attached hydrogen (secondary N) is 1. The van der Waals surface area contributed by atoms with Gasteiger partial charge in [0.05, 0.1) is 0 Å². The molecule has 6 nitrogen and oxygen atoms in total. The molecule has 0 heterocycles. The Morgan fingerprint density at radius 3 is 2.92 bits per heavy atom. The third kappa shape index (κ3) is 5.48. The first-order chi connectivity index (χ1) is 5.70. The van der Waals surface area contributed by atoms with Gasteiger partial charge in [-0.3, -0.25) is 4.79 Å². The molecule has 6 heteroatoms. The minimum atomic E-state index is -0.219. The van der Waals surface area contributed by atoms with Gasteiger partial charge < -0.3 is 21.0 Å². The van der Waals surface area contributed by atoms with E-state index in [1.54, 1.807) is 0 Å². The van der Waals surface area contributed by atoms with E-state index in [2.05, 4.69) is 15.2 Å². The molecule has 0 unspecified atom stereocenters. The number of amidine groups is 1. The lowest BCUT2D eigenvalue weighted by Crippen LogP contribution is -2.30. The van der Waals surface area contributed by atoms with E-state index < -0.39 is 0 Å². The molecule has 0 aromatic rings. The van der Waals surface area contributed by atoms with Crippen molar-refractivity contribution in [1.29, 1.82) is 0 Å². The summed E-state index contributed by atoms with van der Waals surface area (Å²) in [5, 5.41) is 13.4. The zero-order valence-electron chi connectivity index (χ0n) is 6.91. The van der Waals surface area contributed by atoms with Crippen LogP contribution in [0.4, 0.5) is 0 Å². The van der Waals surface area contributed by atoms with Crippen molar-refractivity contribution in [3.63, 3.8) is 0 Å². The molecule has 4 N–H and O–H groups in total. The average Bonchev–Trinajstić information content (AvgIpc) is 2.04. The number of methoxy groups -OCH3 is 1. The zero-order valence-corrected chi connectivity index (χ0v) is 6.91. The molecular weight excluding hydrogens is 162 g/mol. The van der Waals surface area contributed by atoms with Gasteiger partial charge >= 0.3 is 0 Å². The summed E-state index contributed by atoms with van der Waals surface area (Å²) in [6.07, 6.45) is 0.325. The van der Waals surface area contributed by atoms with Crippen molar-refractivity contribution in [1.82, 2.24) is 5.32 Å². The Hall–Kier alpha value is -1.30. The van der Waals surface area contributed by atoms with Crippen LogP contribution in [0.5, 0.6) is 0 Å². The lowest BCUT2D eigenvalue weighted by Gasteiger charge is -2.02. The SMILES string of the molecule is COCC(=O)NCCC(N)=NO. The minimum absolute atomic E-state index is 0.0240. The van der Waals surface area contributed by atoms with E-state index >= 15 is 0 Å². The van der Waals surface area contributed by atoms with Crippen LogP contribution in [0.15, 0.2) is 5.16 Å². The number of carbonyl (C=O) groups is 1. The number of hydrogen-bond acceptors (Lipinski definition) is 4. The third-order valence-corrected chi connectivity index (χ3v) is 1.11. The fraction of sp³-hybridized carbons (Fsp3) is 0.667. The summed E-state index contributed by atoms with van der Waals surface area (Å²) >= 11 is 0. The minimum Gasteiger partial charge on any atom is -0.409 e. The maximum absolute atomic E-state index is 10.7. The predicted octanol–water partition coefficient (Wildman–Crippen LogP) is -1.11. The van der Waals surface area contributed by atoms with Gasteiger partial charge in [-0.2, -0.15) is 0 Å². The van der Waals surface area contributed by atoms with E-state index in [1.807, 2.05) is 0 Å². The maximum atomic E-state index is 10.7. The smallest absolute Gasteiger partial charge is 0.245 e. The second-order valence-electron chi connectivity index (χ2n) is 2.12. The number of oxime groups is 1. The molecule has 12 heavy (non-hydrogen) atoms. The molecule has 70 valence electrons. The Kier molecular flexibility index (Phi) is 5.72. The molecule has 0 aliphatic rings. The van der Waals surface area contributed by atoms with Gasteiger partial charge in [-0.15, -0.1) is 0 Å². The summed E-state index contributed by atoms with van der Waals surface area (Å²) in [6.45, 7) is 0.369. The Balaban J connectivity index is 3.37. The first kappa shape index (κ1) is 10.7. The predicted molar refractivity (Wildman–Crippen MR) is 42.9 cm³/mol. The number of ether oxygens (including phenoxy) is 1. The van der Waals surface area contributed by atoms with Crippen LogP contribution in [0.3, 0.4) is 0 Å². The first-order valence-corrected chi connectivity index (χ1v) is 3.42. The molecule has 0 bridgehead atoms. The van der Waals surface area contributed by atoms with Crippen LogP contribution in [-0.2, 0) is 9.53 Å².